The fourth-order valence-electron chi connectivity index (χ4n) is 0.969. The van der Waals surface area contributed by atoms with Crippen molar-refractivity contribution < 1.29 is 49.9 Å². The van der Waals surface area contributed by atoms with E-state index in [2.05, 4.69) is 4.74 Å². The van der Waals surface area contributed by atoms with Crippen molar-refractivity contribution in [3.05, 3.63) is 11.8 Å². The van der Waals surface area contributed by atoms with Crippen LogP contribution in [0.25, 0.3) is 0 Å². The molecule has 0 aromatic rings. The Kier molecular flexibility index (Phi) is 9.15. The van der Waals surface area contributed by atoms with E-state index in [1.807, 2.05) is 0 Å². The molecule has 0 rings (SSSR count). The minimum absolute atomic E-state index is 0.269. The van der Waals surface area contributed by atoms with Gasteiger partial charge in [0.1, 0.15) is 5.57 Å². The van der Waals surface area contributed by atoms with Crippen LogP contribution in [0.5, 0.6) is 0 Å². The van der Waals surface area contributed by atoms with Crippen molar-refractivity contribution in [2.75, 3.05) is 20.7 Å². The summed E-state index contributed by atoms with van der Waals surface area (Å²) in [6, 6.07) is 0. The first-order valence-corrected chi connectivity index (χ1v) is 5.58. The Labute approximate surface area is 125 Å². The first-order valence-electron chi connectivity index (χ1n) is 5.58. The maximum Gasteiger partial charge on any atom is 0.483 e. The average Bonchev–Trinajstić information content (AvgIpc) is 2.32. The fourth-order valence-corrected chi connectivity index (χ4v) is 0.969. The third kappa shape index (κ3) is 8.16. The van der Waals surface area contributed by atoms with Crippen LogP contribution in [0.3, 0.4) is 0 Å². The molecule has 0 fully saturated rings. The predicted molar refractivity (Wildman–Crippen MR) is 62.0 cm³/mol. The van der Waals surface area contributed by atoms with Gasteiger partial charge in [0.25, 0.3) is 0 Å². The van der Waals surface area contributed by atoms with Gasteiger partial charge >= 0.3 is 24.4 Å². The van der Waals surface area contributed by atoms with Crippen LogP contribution in [0.2, 0.25) is 0 Å². The number of ether oxygens (including phenoxy) is 1. The number of ketones is 1. The number of carbonyl (C=O) groups excluding carboxylic acids is 3. The molecule has 0 N–H and O–H groups in total. The Balaban J connectivity index is 0. The topological polar surface area (TPSA) is 63.7 Å². The van der Waals surface area contributed by atoms with Crippen molar-refractivity contribution >= 4 is 18.0 Å². The molecule has 0 aliphatic heterocycles. The Morgan fingerprint density at radius 2 is 1.43 bits per heavy atom. The number of hydrogen-bond donors (Lipinski definition) is 0. The lowest BCUT2D eigenvalue weighted by atomic mass is 10.1. The number of carbonyl (C=O) groups is 3. The van der Waals surface area contributed by atoms with Gasteiger partial charge < -0.3 is 9.64 Å². The Morgan fingerprint density at radius 3 is 1.70 bits per heavy atom. The van der Waals surface area contributed by atoms with Gasteiger partial charge in [-0.05, 0) is 6.92 Å². The van der Waals surface area contributed by atoms with Gasteiger partial charge in [0.05, 0.1) is 6.61 Å². The number of hydrogen-bond acceptors (Lipinski definition) is 5. The molecule has 0 bridgehead atoms. The van der Waals surface area contributed by atoms with Gasteiger partial charge in [0.2, 0.25) is 5.78 Å². The van der Waals surface area contributed by atoms with Crippen LogP contribution in [-0.4, -0.2) is 55.7 Å². The maximum atomic E-state index is 12.9. The quantitative estimate of drug-likeness (QED) is 0.190. The van der Waals surface area contributed by atoms with Gasteiger partial charge in [-0.2, -0.15) is 22.0 Å². The van der Waals surface area contributed by atoms with E-state index in [0.717, 1.165) is 4.90 Å². The smallest absolute Gasteiger partial charge is 0.462 e. The second-order valence-electron chi connectivity index (χ2n) is 3.85. The molecule has 134 valence electrons. The van der Waals surface area contributed by atoms with Crippen molar-refractivity contribution in [1.82, 2.24) is 4.90 Å². The van der Waals surface area contributed by atoms with Crippen LogP contribution in [0.1, 0.15) is 6.92 Å². The molecule has 0 saturated heterocycles. The van der Waals surface area contributed by atoms with Gasteiger partial charge in [-0.1, -0.05) is 0 Å². The molecule has 5 nitrogen and oxygen atoms in total. The van der Waals surface area contributed by atoms with Crippen molar-refractivity contribution in [2.24, 2.45) is 0 Å². The van der Waals surface area contributed by atoms with Gasteiger partial charge in [0.15, 0.2) is 0 Å². The molecule has 23 heavy (non-hydrogen) atoms. The van der Waals surface area contributed by atoms with E-state index in [1.165, 1.54) is 21.0 Å². The van der Waals surface area contributed by atoms with Crippen LogP contribution in [0.4, 0.5) is 35.5 Å². The van der Waals surface area contributed by atoms with E-state index in [-0.39, 0.29) is 6.61 Å². The molecule has 0 spiro atoms. The zero-order valence-corrected chi connectivity index (χ0v) is 12.0. The van der Waals surface area contributed by atoms with Crippen molar-refractivity contribution in [3.8, 4) is 0 Å². The summed E-state index contributed by atoms with van der Waals surface area (Å²) in [5.74, 6) is -9.83. The zero-order valence-electron chi connectivity index (χ0n) is 12.0. The third-order valence-electron chi connectivity index (χ3n) is 1.77. The summed E-state index contributed by atoms with van der Waals surface area (Å²) < 4.78 is 85.6. The van der Waals surface area contributed by atoms with E-state index in [9.17, 15) is 40.3 Å². The summed E-state index contributed by atoms with van der Waals surface area (Å²) in [5, 5.41) is 0. The Hall–Kier alpha value is -2.14. The summed E-state index contributed by atoms with van der Waals surface area (Å²) in [6.07, 6.45) is -8.36. The highest BCUT2D eigenvalue weighted by molar-refractivity contribution is 6.20. The van der Waals surface area contributed by atoms with Crippen LogP contribution < -0.4 is 0 Å². The van der Waals surface area contributed by atoms with E-state index in [4.69, 9.17) is 4.79 Å². The maximum absolute atomic E-state index is 12.9. The van der Waals surface area contributed by atoms with Gasteiger partial charge in [-0.15, -0.1) is 8.78 Å². The summed E-state index contributed by atoms with van der Waals surface area (Å²) in [5.41, 5.74) is -1.37. The molecule has 12 heteroatoms. The van der Waals surface area contributed by atoms with Crippen LogP contribution in [0, 0.1) is 0 Å². The number of esters is 1. The minimum atomic E-state index is -6.08. The second kappa shape index (κ2) is 9.10. The molecular formula is C11H12F7NO4. The van der Waals surface area contributed by atoms with Crippen molar-refractivity contribution in [2.45, 2.75) is 19.0 Å². The molecule has 0 atom stereocenters. The lowest BCUT2D eigenvalue weighted by Crippen LogP contribution is -2.46. The highest BCUT2D eigenvalue weighted by atomic mass is 19.4. The van der Waals surface area contributed by atoms with Gasteiger partial charge in [-0.3, -0.25) is 4.79 Å². The highest BCUT2D eigenvalue weighted by Gasteiger charge is 2.64. The SMILES string of the molecule is CCOC(=O)C(=CN(C)C)C(=O)C(F)(F)C(F)(F)F.O=C(F)F. The van der Waals surface area contributed by atoms with Gasteiger partial charge in [0, 0.05) is 20.3 Å². The number of alkyl halides is 5. The van der Waals surface area contributed by atoms with Gasteiger partial charge in [-0.25, -0.2) is 9.59 Å². The lowest BCUT2D eigenvalue weighted by Gasteiger charge is -2.19. The summed E-state index contributed by atoms with van der Waals surface area (Å²) in [7, 11) is 2.50. The molecule has 0 heterocycles. The number of nitrogens with zero attached hydrogens (tertiary/aromatic N) is 1. The minimum Gasteiger partial charge on any atom is -0.462 e. The summed E-state index contributed by atoms with van der Waals surface area (Å²) in [4.78, 5) is 31.5. The molecule has 0 amide bonds. The first-order chi connectivity index (χ1) is 10.2. The molecule has 0 radical (unpaired) electrons. The van der Waals surface area contributed by atoms with Crippen molar-refractivity contribution in [3.63, 3.8) is 0 Å². The monoisotopic (exact) mass is 355 g/mol. The van der Waals surface area contributed by atoms with E-state index >= 15 is 0 Å². The van der Waals surface area contributed by atoms with Crippen molar-refractivity contribution in [1.29, 1.82) is 0 Å². The molecule has 0 aromatic carbocycles. The number of Topliss-reactive ketones (excluding diaryl/α,β-unsaturated/α-hetero) is 1. The van der Waals surface area contributed by atoms with Crippen LogP contribution >= 0.6 is 0 Å². The molecule has 0 aliphatic rings. The standard InChI is InChI=1S/C10H12F5NO3.CF2O/c1-4-19-8(18)6(5-16(2)3)7(17)9(11,12)10(13,14)15;2-1(3)4/h5H,4H2,1-3H3;. The molecule has 0 aliphatic carbocycles. The lowest BCUT2D eigenvalue weighted by molar-refractivity contribution is -0.266. The average molecular weight is 355 g/mol. The highest BCUT2D eigenvalue weighted by Crippen LogP contribution is 2.38. The third-order valence-corrected chi connectivity index (χ3v) is 1.77. The molecule has 0 aromatic heterocycles. The Morgan fingerprint density at radius 1 is 1.04 bits per heavy atom. The van der Waals surface area contributed by atoms with E-state index in [0.29, 0.717) is 6.20 Å². The zero-order chi connectivity index (χ0) is 19.0. The number of halogens is 7. The Bertz CT molecular complexity index is 467. The molecule has 0 saturated carbocycles. The largest absolute Gasteiger partial charge is 0.483 e. The normalized spacial score (nSPS) is 12.0. The van der Waals surface area contributed by atoms with Crippen LogP contribution in [-0.2, 0) is 14.3 Å². The molecule has 0 unspecified atom stereocenters. The van der Waals surface area contributed by atoms with Crippen LogP contribution in [0.15, 0.2) is 11.8 Å². The molecular weight excluding hydrogens is 343 g/mol. The summed E-state index contributed by atoms with van der Waals surface area (Å²) >= 11 is 0. The predicted octanol–water partition coefficient (Wildman–Crippen LogP) is 2.81. The summed E-state index contributed by atoms with van der Waals surface area (Å²) in [6.45, 7) is 1.05. The van der Waals surface area contributed by atoms with E-state index in [1.54, 1.807) is 0 Å². The van der Waals surface area contributed by atoms with E-state index < -0.39 is 35.7 Å². The first kappa shape index (κ1) is 23.1. The fraction of sp³-hybridized carbons (Fsp3) is 0.545. The second-order valence-corrected chi connectivity index (χ2v) is 3.85. The number of rotatable bonds is 5.